The molecule has 0 fully saturated rings. The molecule has 5 aromatic heterocycles. The van der Waals surface area contributed by atoms with E-state index in [-0.39, 0.29) is 0 Å². The van der Waals surface area contributed by atoms with Gasteiger partial charge in [-0.25, -0.2) is 15.0 Å². The van der Waals surface area contributed by atoms with Crippen molar-refractivity contribution in [3.63, 3.8) is 0 Å². The maximum absolute atomic E-state index is 5.21. The van der Waals surface area contributed by atoms with E-state index in [1.807, 2.05) is 36.7 Å². The average Bonchev–Trinajstić information content (AvgIpc) is 3.07. The van der Waals surface area contributed by atoms with E-state index in [1.54, 1.807) is 0 Å². The molecule has 0 amide bonds. The Kier molecular flexibility index (Phi) is 4.83. The molecule has 5 heterocycles. The van der Waals surface area contributed by atoms with Gasteiger partial charge in [-0.1, -0.05) is 97.1 Å². The fourth-order valence-corrected chi connectivity index (χ4v) is 6.11. The summed E-state index contributed by atoms with van der Waals surface area (Å²) >= 11 is 0. The molecular weight excluding hydrogens is 514 g/mol. The summed E-state index contributed by atoms with van der Waals surface area (Å²) in [6.45, 7) is 0. The van der Waals surface area contributed by atoms with Gasteiger partial charge in [0, 0.05) is 44.1 Å². The number of nitrogens with zero attached hydrogens (tertiary/aromatic N) is 5. The van der Waals surface area contributed by atoms with Crippen LogP contribution in [0, 0.1) is 0 Å². The zero-order chi connectivity index (χ0) is 27.6. The summed E-state index contributed by atoms with van der Waals surface area (Å²) in [4.78, 5) is 25.0. The zero-order valence-corrected chi connectivity index (χ0v) is 22.4. The molecule has 0 aliphatic heterocycles. The first kappa shape index (κ1) is 22.9. The van der Waals surface area contributed by atoms with Crippen molar-refractivity contribution in [3.8, 4) is 22.6 Å². The SMILES string of the molecule is c1ccc(-c2ccc3ccc4ccc(-c5nc6cnc7c(ccc8cccnc87)c6c6ccccc56)nc4c3n2)cc1. The third-order valence-electron chi connectivity index (χ3n) is 8.10. The van der Waals surface area contributed by atoms with Crippen LogP contribution in [-0.4, -0.2) is 24.9 Å². The van der Waals surface area contributed by atoms with Gasteiger partial charge in [-0.2, -0.15) is 0 Å². The topological polar surface area (TPSA) is 64.5 Å². The lowest BCUT2D eigenvalue weighted by molar-refractivity contribution is 1.31. The largest absolute Gasteiger partial charge is 0.254 e. The quantitative estimate of drug-likeness (QED) is 0.207. The minimum atomic E-state index is 0.806. The third-order valence-corrected chi connectivity index (χ3v) is 8.10. The Balaban J connectivity index is 1.32. The van der Waals surface area contributed by atoms with Crippen LogP contribution in [-0.2, 0) is 0 Å². The van der Waals surface area contributed by atoms with Gasteiger partial charge in [-0.3, -0.25) is 9.97 Å². The predicted molar refractivity (Wildman–Crippen MR) is 171 cm³/mol. The van der Waals surface area contributed by atoms with Gasteiger partial charge in [0.2, 0.25) is 0 Å². The highest BCUT2D eigenvalue weighted by Gasteiger charge is 2.16. The van der Waals surface area contributed by atoms with Gasteiger partial charge >= 0.3 is 0 Å². The summed E-state index contributed by atoms with van der Waals surface area (Å²) < 4.78 is 0. The lowest BCUT2D eigenvalue weighted by atomic mass is 9.98. The van der Waals surface area contributed by atoms with Gasteiger partial charge in [0.05, 0.1) is 50.9 Å². The van der Waals surface area contributed by atoms with Crippen LogP contribution in [0.15, 0.2) is 128 Å². The molecule has 5 heteroatoms. The molecule has 42 heavy (non-hydrogen) atoms. The van der Waals surface area contributed by atoms with Crippen molar-refractivity contribution in [2.45, 2.75) is 0 Å². The molecule has 0 saturated heterocycles. The second kappa shape index (κ2) is 8.85. The monoisotopic (exact) mass is 535 g/mol. The highest BCUT2D eigenvalue weighted by atomic mass is 14.8. The van der Waals surface area contributed by atoms with Crippen molar-refractivity contribution < 1.29 is 0 Å². The van der Waals surface area contributed by atoms with Crippen molar-refractivity contribution in [1.29, 1.82) is 0 Å². The molecule has 0 radical (unpaired) electrons. The van der Waals surface area contributed by atoms with Crippen LogP contribution < -0.4 is 0 Å². The molecule has 0 atom stereocenters. The Morgan fingerprint density at radius 3 is 1.90 bits per heavy atom. The van der Waals surface area contributed by atoms with E-state index in [2.05, 4.69) is 96.0 Å². The number of benzene rings is 4. The number of hydrogen-bond acceptors (Lipinski definition) is 5. The molecule has 0 aliphatic carbocycles. The molecule has 9 rings (SSSR count). The van der Waals surface area contributed by atoms with E-state index in [0.29, 0.717) is 0 Å². The molecule has 0 spiro atoms. The van der Waals surface area contributed by atoms with Gasteiger partial charge in [-0.15, -0.1) is 0 Å². The highest BCUT2D eigenvalue weighted by molar-refractivity contribution is 6.23. The predicted octanol–water partition coefficient (Wildman–Crippen LogP) is 8.91. The first-order valence-corrected chi connectivity index (χ1v) is 13.9. The summed E-state index contributed by atoms with van der Waals surface area (Å²) in [6.07, 6.45) is 3.69. The summed E-state index contributed by atoms with van der Waals surface area (Å²) in [5.41, 5.74) is 8.00. The van der Waals surface area contributed by atoms with Gasteiger partial charge in [0.25, 0.3) is 0 Å². The van der Waals surface area contributed by atoms with Crippen LogP contribution in [0.4, 0.5) is 0 Å². The van der Waals surface area contributed by atoms with Crippen molar-refractivity contribution >= 4 is 65.3 Å². The van der Waals surface area contributed by atoms with E-state index in [4.69, 9.17) is 19.9 Å². The molecule has 194 valence electrons. The first-order chi connectivity index (χ1) is 20.8. The molecule has 0 aliphatic rings. The Labute approximate surface area is 240 Å². The fourth-order valence-electron chi connectivity index (χ4n) is 6.11. The lowest BCUT2D eigenvalue weighted by Gasteiger charge is -2.13. The summed E-state index contributed by atoms with van der Waals surface area (Å²) in [5.74, 6) is 0. The number of fused-ring (bicyclic) bond motifs is 10. The van der Waals surface area contributed by atoms with E-state index < -0.39 is 0 Å². The standard InChI is InChI=1S/C37H21N5/c1-2-7-22(8-3-1)29-18-15-24-12-13-25-16-19-30(41-35(25)34(24)40-29)36-27-11-5-4-10-26(27)32-28-17-14-23-9-6-20-38-33(23)37(28)39-21-31(32)42-36/h1-21H. The normalized spacial score (nSPS) is 11.8. The smallest absolute Gasteiger partial charge is 0.0973 e. The molecule has 0 bridgehead atoms. The highest BCUT2D eigenvalue weighted by Crippen LogP contribution is 2.37. The summed E-state index contributed by atoms with van der Waals surface area (Å²) in [7, 11) is 0. The Morgan fingerprint density at radius 2 is 1.07 bits per heavy atom. The third kappa shape index (κ3) is 3.40. The molecule has 5 nitrogen and oxygen atoms in total. The van der Waals surface area contributed by atoms with Gasteiger partial charge < -0.3 is 0 Å². The lowest BCUT2D eigenvalue weighted by Crippen LogP contribution is -1.95. The molecule has 0 saturated carbocycles. The van der Waals surface area contributed by atoms with Gasteiger partial charge in [0.1, 0.15) is 0 Å². The van der Waals surface area contributed by atoms with Crippen LogP contribution in [0.5, 0.6) is 0 Å². The number of hydrogen-bond donors (Lipinski definition) is 0. The van der Waals surface area contributed by atoms with E-state index in [9.17, 15) is 0 Å². The van der Waals surface area contributed by atoms with Crippen LogP contribution in [0.1, 0.15) is 0 Å². The summed E-state index contributed by atoms with van der Waals surface area (Å²) in [5, 5.41) is 7.45. The van der Waals surface area contributed by atoms with Crippen LogP contribution >= 0.6 is 0 Å². The Hall–Kier alpha value is -5.81. The number of rotatable bonds is 2. The molecule has 4 aromatic carbocycles. The zero-order valence-electron chi connectivity index (χ0n) is 22.4. The van der Waals surface area contributed by atoms with Crippen molar-refractivity contribution in [2.75, 3.05) is 0 Å². The maximum Gasteiger partial charge on any atom is 0.0973 e. The van der Waals surface area contributed by atoms with E-state index in [0.717, 1.165) is 87.9 Å². The fraction of sp³-hybridized carbons (Fsp3) is 0. The Morgan fingerprint density at radius 1 is 0.405 bits per heavy atom. The first-order valence-electron chi connectivity index (χ1n) is 13.9. The van der Waals surface area contributed by atoms with Crippen molar-refractivity contribution in [2.24, 2.45) is 0 Å². The second-order valence-electron chi connectivity index (χ2n) is 10.5. The van der Waals surface area contributed by atoms with Crippen molar-refractivity contribution in [1.82, 2.24) is 24.9 Å². The van der Waals surface area contributed by atoms with Gasteiger partial charge in [0.15, 0.2) is 0 Å². The van der Waals surface area contributed by atoms with E-state index in [1.165, 1.54) is 0 Å². The van der Waals surface area contributed by atoms with Gasteiger partial charge in [-0.05, 0) is 23.6 Å². The number of pyridine rings is 5. The second-order valence-corrected chi connectivity index (χ2v) is 10.5. The molecule has 0 N–H and O–H groups in total. The molecule has 0 unspecified atom stereocenters. The average molecular weight is 536 g/mol. The van der Waals surface area contributed by atoms with E-state index >= 15 is 0 Å². The Bertz CT molecular complexity index is 2520. The molecule has 9 aromatic rings. The van der Waals surface area contributed by atoms with Crippen LogP contribution in [0.2, 0.25) is 0 Å². The summed E-state index contributed by atoms with van der Waals surface area (Å²) in [6, 6.07) is 39.5. The van der Waals surface area contributed by atoms with Crippen LogP contribution in [0.3, 0.4) is 0 Å². The molecular formula is C37H21N5. The minimum absolute atomic E-state index is 0.806. The number of aromatic nitrogens is 5. The maximum atomic E-state index is 5.21. The van der Waals surface area contributed by atoms with Crippen LogP contribution in [0.25, 0.3) is 87.9 Å². The minimum Gasteiger partial charge on any atom is -0.254 e. The van der Waals surface area contributed by atoms with Crippen molar-refractivity contribution in [3.05, 3.63) is 128 Å².